The Labute approximate surface area is 110 Å². The number of nitrogens with two attached hydrogens (primary N) is 1. The molecular weight excluding hydrogens is 276 g/mol. The lowest BCUT2D eigenvalue weighted by Gasteiger charge is -2.19. The van der Waals surface area contributed by atoms with Crippen LogP contribution in [0.5, 0.6) is 0 Å². The summed E-state index contributed by atoms with van der Waals surface area (Å²) in [7, 11) is 2.08. The van der Waals surface area contributed by atoms with Crippen LogP contribution in [0.15, 0.2) is 53.0 Å². The summed E-state index contributed by atoms with van der Waals surface area (Å²) in [5.41, 5.74) is 8.99. The minimum absolute atomic E-state index is 0.812. The highest BCUT2D eigenvalue weighted by atomic mass is 79.9. The number of anilines is 2. The van der Waals surface area contributed by atoms with E-state index >= 15 is 0 Å². The molecular formula is C14H15BrN2. The van der Waals surface area contributed by atoms with Crippen LogP contribution in [0.4, 0.5) is 11.4 Å². The van der Waals surface area contributed by atoms with E-state index in [0.29, 0.717) is 0 Å². The van der Waals surface area contributed by atoms with Crippen LogP contribution >= 0.6 is 15.9 Å². The molecule has 0 spiro atoms. The largest absolute Gasteiger partial charge is 0.399 e. The first-order chi connectivity index (χ1) is 8.15. The van der Waals surface area contributed by atoms with Crippen molar-refractivity contribution in [1.82, 2.24) is 0 Å². The number of rotatable bonds is 3. The molecule has 0 radical (unpaired) electrons. The average molecular weight is 291 g/mol. The van der Waals surface area contributed by atoms with Gasteiger partial charge in [0.05, 0.1) is 0 Å². The molecule has 88 valence electrons. The number of halogens is 1. The third kappa shape index (κ3) is 3.24. The second-order valence-corrected chi connectivity index (χ2v) is 4.99. The molecule has 0 fully saturated rings. The van der Waals surface area contributed by atoms with Gasteiger partial charge in [0.25, 0.3) is 0 Å². The minimum Gasteiger partial charge on any atom is -0.399 e. The normalized spacial score (nSPS) is 10.2. The van der Waals surface area contributed by atoms with Crippen LogP contribution in [-0.4, -0.2) is 7.05 Å². The molecule has 3 heteroatoms. The van der Waals surface area contributed by atoms with Crippen LogP contribution in [0, 0.1) is 0 Å². The van der Waals surface area contributed by atoms with Crippen LogP contribution in [-0.2, 0) is 6.54 Å². The van der Waals surface area contributed by atoms with Crippen LogP contribution < -0.4 is 10.6 Å². The molecule has 2 aromatic carbocycles. The Bertz CT molecular complexity index is 494. The quantitative estimate of drug-likeness (QED) is 0.874. The number of benzene rings is 2. The Morgan fingerprint density at radius 1 is 1.12 bits per heavy atom. The van der Waals surface area contributed by atoms with Crippen molar-refractivity contribution >= 4 is 27.3 Å². The number of nitrogen functional groups attached to an aromatic ring is 1. The van der Waals surface area contributed by atoms with E-state index in [1.807, 2.05) is 30.3 Å². The molecule has 0 aromatic heterocycles. The summed E-state index contributed by atoms with van der Waals surface area (Å²) in [5, 5.41) is 0. The van der Waals surface area contributed by atoms with Crippen molar-refractivity contribution < 1.29 is 0 Å². The van der Waals surface area contributed by atoms with Gasteiger partial charge in [-0.25, -0.2) is 0 Å². The van der Waals surface area contributed by atoms with E-state index in [2.05, 4.69) is 46.1 Å². The molecule has 2 N–H and O–H groups in total. The van der Waals surface area contributed by atoms with Gasteiger partial charge in [-0.1, -0.05) is 28.1 Å². The molecule has 0 amide bonds. The van der Waals surface area contributed by atoms with Crippen molar-refractivity contribution in [2.24, 2.45) is 0 Å². The maximum absolute atomic E-state index is 5.77. The van der Waals surface area contributed by atoms with Gasteiger partial charge in [0.1, 0.15) is 0 Å². The zero-order valence-corrected chi connectivity index (χ0v) is 11.3. The van der Waals surface area contributed by atoms with Crippen molar-refractivity contribution in [3.8, 4) is 0 Å². The van der Waals surface area contributed by atoms with E-state index < -0.39 is 0 Å². The highest BCUT2D eigenvalue weighted by molar-refractivity contribution is 9.10. The molecule has 0 aliphatic heterocycles. The minimum atomic E-state index is 0.812. The van der Waals surface area contributed by atoms with Crippen molar-refractivity contribution in [3.05, 3.63) is 58.6 Å². The third-order valence-corrected chi connectivity index (χ3v) is 3.17. The smallest absolute Gasteiger partial charge is 0.0426 e. The molecule has 0 atom stereocenters. The predicted molar refractivity (Wildman–Crippen MR) is 77.1 cm³/mol. The van der Waals surface area contributed by atoms with Gasteiger partial charge in [-0.05, 0) is 42.0 Å². The lowest BCUT2D eigenvalue weighted by atomic mass is 10.2. The fourth-order valence-corrected chi connectivity index (χ4v) is 2.02. The number of hydrogen-bond donors (Lipinski definition) is 1. The monoisotopic (exact) mass is 290 g/mol. The van der Waals surface area contributed by atoms with Crippen molar-refractivity contribution in [2.75, 3.05) is 17.7 Å². The number of nitrogens with zero attached hydrogens (tertiary/aromatic N) is 1. The molecule has 0 bridgehead atoms. The third-order valence-electron chi connectivity index (χ3n) is 2.64. The van der Waals surface area contributed by atoms with Crippen molar-refractivity contribution in [3.63, 3.8) is 0 Å². The standard InChI is InChI=1S/C14H15BrN2/c1-17(14-7-5-12(15)6-8-14)10-11-3-2-4-13(16)9-11/h2-9H,10,16H2,1H3. The highest BCUT2D eigenvalue weighted by Gasteiger charge is 2.02. The fourth-order valence-electron chi connectivity index (χ4n) is 1.75. The summed E-state index contributed by atoms with van der Waals surface area (Å²) < 4.78 is 1.10. The molecule has 2 nitrogen and oxygen atoms in total. The van der Waals surface area contributed by atoms with Gasteiger partial charge in [-0.15, -0.1) is 0 Å². The Hall–Kier alpha value is -1.48. The average Bonchev–Trinajstić information content (AvgIpc) is 2.29. The SMILES string of the molecule is CN(Cc1cccc(N)c1)c1ccc(Br)cc1. The van der Waals surface area contributed by atoms with Crippen LogP contribution in [0.25, 0.3) is 0 Å². The molecule has 0 saturated heterocycles. The molecule has 0 aliphatic carbocycles. The molecule has 17 heavy (non-hydrogen) atoms. The summed E-state index contributed by atoms with van der Waals surface area (Å²) in [6.07, 6.45) is 0. The lowest BCUT2D eigenvalue weighted by Crippen LogP contribution is -2.16. The van der Waals surface area contributed by atoms with Gasteiger partial charge in [0.2, 0.25) is 0 Å². The summed E-state index contributed by atoms with van der Waals surface area (Å²) in [5.74, 6) is 0. The van der Waals surface area contributed by atoms with Crippen LogP contribution in [0.3, 0.4) is 0 Å². The van der Waals surface area contributed by atoms with Gasteiger partial charge in [-0.2, -0.15) is 0 Å². The summed E-state index contributed by atoms with van der Waals surface area (Å²) in [6.45, 7) is 0.854. The van der Waals surface area contributed by atoms with E-state index in [1.54, 1.807) is 0 Å². The van der Waals surface area contributed by atoms with Crippen molar-refractivity contribution in [2.45, 2.75) is 6.54 Å². The maximum Gasteiger partial charge on any atom is 0.0426 e. The van der Waals surface area contributed by atoms with Gasteiger partial charge in [0.15, 0.2) is 0 Å². The fraction of sp³-hybridized carbons (Fsp3) is 0.143. The van der Waals surface area contributed by atoms with Crippen LogP contribution in [0.2, 0.25) is 0 Å². The Balaban J connectivity index is 2.11. The van der Waals surface area contributed by atoms with E-state index in [9.17, 15) is 0 Å². The molecule has 0 heterocycles. The first-order valence-electron chi connectivity index (χ1n) is 5.46. The Morgan fingerprint density at radius 3 is 2.47 bits per heavy atom. The Morgan fingerprint density at radius 2 is 1.82 bits per heavy atom. The predicted octanol–water partition coefficient (Wildman–Crippen LogP) is 3.67. The molecule has 0 saturated carbocycles. The van der Waals surface area contributed by atoms with Crippen LogP contribution in [0.1, 0.15) is 5.56 Å². The molecule has 0 unspecified atom stereocenters. The zero-order chi connectivity index (χ0) is 12.3. The molecule has 0 aliphatic rings. The summed E-state index contributed by atoms with van der Waals surface area (Å²) in [4.78, 5) is 2.20. The number of hydrogen-bond acceptors (Lipinski definition) is 2. The van der Waals surface area contributed by atoms with Crippen molar-refractivity contribution in [1.29, 1.82) is 0 Å². The lowest BCUT2D eigenvalue weighted by molar-refractivity contribution is 0.923. The first-order valence-corrected chi connectivity index (χ1v) is 6.25. The van der Waals surface area contributed by atoms with E-state index in [-0.39, 0.29) is 0 Å². The summed E-state index contributed by atoms with van der Waals surface area (Å²) >= 11 is 3.44. The van der Waals surface area contributed by atoms with Gasteiger partial charge < -0.3 is 10.6 Å². The maximum atomic E-state index is 5.77. The van der Waals surface area contributed by atoms with Gasteiger partial charge in [0, 0.05) is 29.4 Å². The second kappa shape index (κ2) is 5.23. The van der Waals surface area contributed by atoms with Gasteiger partial charge >= 0.3 is 0 Å². The Kier molecular flexibility index (Phi) is 3.69. The highest BCUT2D eigenvalue weighted by Crippen LogP contribution is 2.19. The first kappa shape index (κ1) is 12.0. The zero-order valence-electron chi connectivity index (χ0n) is 9.73. The summed E-state index contributed by atoms with van der Waals surface area (Å²) in [6, 6.07) is 16.3. The van der Waals surface area contributed by atoms with E-state index in [4.69, 9.17) is 5.73 Å². The van der Waals surface area contributed by atoms with Gasteiger partial charge in [-0.3, -0.25) is 0 Å². The topological polar surface area (TPSA) is 29.3 Å². The molecule has 2 aromatic rings. The molecule has 2 rings (SSSR count). The van der Waals surface area contributed by atoms with E-state index in [0.717, 1.165) is 16.7 Å². The van der Waals surface area contributed by atoms with E-state index in [1.165, 1.54) is 11.3 Å². The second-order valence-electron chi connectivity index (χ2n) is 4.08.